The van der Waals surface area contributed by atoms with Gasteiger partial charge in [-0.1, -0.05) is 122 Å². The summed E-state index contributed by atoms with van der Waals surface area (Å²) in [6.07, 6.45) is 16.8. The Kier molecular flexibility index (Phi) is 9.50. The average Bonchev–Trinajstić information content (AvgIpc) is 4.00. The van der Waals surface area contributed by atoms with Crippen molar-refractivity contribution in [3.05, 3.63) is 175 Å². The molecule has 7 unspecified atom stereocenters. The fourth-order valence-electron chi connectivity index (χ4n) is 17.0. The highest BCUT2D eigenvalue weighted by Gasteiger charge is 2.54. The van der Waals surface area contributed by atoms with Crippen LogP contribution in [0.15, 0.2) is 174 Å². The lowest BCUT2D eigenvalue weighted by Gasteiger charge is -2.60. The van der Waals surface area contributed by atoms with Gasteiger partial charge in [0, 0.05) is 69.6 Å². The molecule has 7 atom stereocenters. The Morgan fingerprint density at radius 2 is 1.03 bits per heavy atom. The first kappa shape index (κ1) is 41.8. The molecule has 2 heterocycles. The van der Waals surface area contributed by atoms with Gasteiger partial charge in [-0.15, -0.1) is 0 Å². The molecule has 1 aliphatic heterocycles. The van der Waals surface area contributed by atoms with Crippen LogP contribution in [0.25, 0.3) is 65.4 Å². The summed E-state index contributed by atoms with van der Waals surface area (Å²) in [5.74, 6) is 7.33. The van der Waals surface area contributed by atoms with E-state index >= 15 is 0 Å². The number of para-hydroxylation sites is 2. The van der Waals surface area contributed by atoms with Crippen molar-refractivity contribution >= 4 is 77.0 Å². The lowest BCUT2D eigenvalue weighted by molar-refractivity contribution is -0.0812. The van der Waals surface area contributed by atoms with Gasteiger partial charge in [0.15, 0.2) is 0 Å². The minimum absolute atomic E-state index is 0.249. The molecule has 5 aliphatic carbocycles. The van der Waals surface area contributed by atoms with Gasteiger partial charge < -0.3 is 19.0 Å². The van der Waals surface area contributed by atoms with E-state index in [0.29, 0.717) is 18.0 Å². The van der Waals surface area contributed by atoms with Crippen LogP contribution in [0.1, 0.15) is 88.5 Å². The molecule has 9 aromatic carbocycles. The summed E-state index contributed by atoms with van der Waals surface area (Å²) < 4.78 is 13.4. The molecule has 0 amide bonds. The van der Waals surface area contributed by atoms with Crippen LogP contribution in [-0.2, 0) is 0 Å². The van der Waals surface area contributed by atoms with Crippen molar-refractivity contribution in [3.63, 3.8) is 0 Å². The SMILES string of the molecule is c1cc(-c2cccc(N(C3CC4CCC5CCCC6CCC(C3)C4C56)C3CCC4c5ccccc5OC4C3)c2)cc(N(c2cc3ccc4cccc5ccc(c2)c3c45)c2ccc3c(c2)oc2ccccc23)c1. The second-order valence-corrected chi connectivity index (χ2v) is 23.3. The second-order valence-electron chi connectivity index (χ2n) is 23.3. The predicted octanol–water partition coefficient (Wildman–Crippen LogP) is 18.2. The molecule has 72 heavy (non-hydrogen) atoms. The van der Waals surface area contributed by atoms with Gasteiger partial charge in [-0.3, -0.25) is 0 Å². The highest BCUT2D eigenvalue weighted by molar-refractivity contribution is 6.24. The van der Waals surface area contributed by atoms with E-state index in [-0.39, 0.29) is 6.10 Å². The third-order valence-corrected chi connectivity index (χ3v) is 19.8. The number of anilines is 4. The summed E-state index contributed by atoms with van der Waals surface area (Å²) in [4.78, 5) is 5.45. The van der Waals surface area contributed by atoms with Crippen molar-refractivity contribution in [2.24, 2.45) is 35.5 Å². The van der Waals surface area contributed by atoms with Crippen LogP contribution in [0.4, 0.5) is 22.7 Å². The van der Waals surface area contributed by atoms with Gasteiger partial charge in [-0.05, 0) is 191 Å². The zero-order valence-electron chi connectivity index (χ0n) is 41.1. The maximum atomic E-state index is 6.87. The van der Waals surface area contributed by atoms with Crippen molar-refractivity contribution in [2.75, 3.05) is 9.80 Å². The first-order chi connectivity index (χ1) is 35.6. The number of hydrogen-bond donors (Lipinski definition) is 0. The van der Waals surface area contributed by atoms with Gasteiger partial charge in [-0.2, -0.15) is 0 Å². The van der Waals surface area contributed by atoms with Gasteiger partial charge in [0.2, 0.25) is 0 Å². The molecular weight excluding hydrogens is 877 g/mol. The summed E-state index contributed by atoms with van der Waals surface area (Å²) in [5, 5.41) is 10.0. The third kappa shape index (κ3) is 6.56. The Labute approximate surface area is 422 Å². The van der Waals surface area contributed by atoms with Crippen LogP contribution in [0.2, 0.25) is 0 Å². The topological polar surface area (TPSA) is 28.9 Å². The Hall–Kier alpha value is -6.78. The number of nitrogens with zero attached hydrogens (tertiary/aromatic N) is 2. The lowest BCUT2D eigenvalue weighted by atomic mass is 9.47. The zero-order valence-corrected chi connectivity index (χ0v) is 41.1. The number of furan rings is 1. The summed E-state index contributed by atoms with van der Waals surface area (Å²) in [7, 11) is 0. The molecule has 10 aromatic rings. The summed E-state index contributed by atoms with van der Waals surface area (Å²) in [6.45, 7) is 0. The van der Waals surface area contributed by atoms with E-state index < -0.39 is 0 Å². The highest BCUT2D eigenvalue weighted by atomic mass is 16.5. The Morgan fingerprint density at radius 3 is 1.82 bits per heavy atom. The molecule has 5 saturated carbocycles. The maximum absolute atomic E-state index is 6.87. The van der Waals surface area contributed by atoms with E-state index in [1.54, 1.807) is 0 Å². The van der Waals surface area contributed by atoms with E-state index in [4.69, 9.17) is 9.15 Å². The molecule has 1 aromatic heterocycles. The minimum Gasteiger partial charge on any atom is -0.489 e. The quantitative estimate of drug-likeness (QED) is 0.149. The largest absolute Gasteiger partial charge is 0.489 e. The summed E-state index contributed by atoms with van der Waals surface area (Å²) in [5.41, 5.74) is 10.5. The van der Waals surface area contributed by atoms with Crippen LogP contribution >= 0.6 is 0 Å². The number of fused-ring (bicyclic) bond motifs is 6. The lowest BCUT2D eigenvalue weighted by Crippen LogP contribution is -2.56. The predicted molar refractivity (Wildman–Crippen MR) is 298 cm³/mol. The monoisotopic (exact) mass is 938 g/mol. The van der Waals surface area contributed by atoms with E-state index in [9.17, 15) is 0 Å². The summed E-state index contributed by atoms with van der Waals surface area (Å²) in [6, 6.07) is 64.8. The fourth-order valence-corrected chi connectivity index (χ4v) is 17.0. The van der Waals surface area contributed by atoms with Crippen LogP contribution in [-0.4, -0.2) is 18.2 Å². The van der Waals surface area contributed by atoms with Gasteiger partial charge in [0.1, 0.15) is 23.0 Å². The number of benzene rings is 9. The van der Waals surface area contributed by atoms with E-state index in [2.05, 4.69) is 180 Å². The Balaban J connectivity index is 0.797. The second kappa shape index (κ2) is 16.4. The van der Waals surface area contributed by atoms with Gasteiger partial charge in [0.25, 0.3) is 0 Å². The van der Waals surface area contributed by atoms with E-state index in [1.165, 1.54) is 125 Å². The van der Waals surface area contributed by atoms with Crippen LogP contribution in [0, 0.1) is 35.5 Å². The smallest absolute Gasteiger partial charge is 0.137 e. The molecule has 0 bridgehead atoms. The normalized spacial score (nSPS) is 27.4. The molecule has 0 N–H and O–H groups in total. The number of rotatable bonds is 7. The van der Waals surface area contributed by atoms with Gasteiger partial charge in [0.05, 0.1) is 0 Å². The third-order valence-electron chi connectivity index (χ3n) is 19.8. The minimum atomic E-state index is 0.249. The van der Waals surface area contributed by atoms with Crippen molar-refractivity contribution in [2.45, 2.75) is 101 Å². The molecule has 0 saturated heterocycles. The summed E-state index contributed by atoms with van der Waals surface area (Å²) >= 11 is 0. The first-order valence-electron chi connectivity index (χ1n) is 27.8. The Bertz CT molecular complexity index is 3630. The molecule has 0 spiro atoms. The van der Waals surface area contributed by atoms with Crippen LogP contribution in [0.5, 0.6) is 5.75 Å². The molecule has 5 fully saturated rings. The molecule has 0 radical (unpaired) electrons. The maximum Gasteiger partial charge on any atom is 0.137 e. The van der Waals surface area contributed by atoms with Gasteiger partial charge >= 0.3 is 0 Å². The van der Waals surface area contributed by atoms with Gasteiger partial charge in [-0.25, -0.2) is 0 Å². The number of ether oxygens (including phenoxy) is 1. The fraction of sp³-hybridized carbons (Fsp3) is 0.324. The number of hydrogen-bond acceptors (Lipinski definition) is 4. The van der Waals surface area contributed by atoms with Crippen LogP contribution < -0.4 is 14.5 Å². The van der Waals surface area contributed by atoms with Crippen LogP contribution in [0.3, 0.4) is 0 Å². The standard InChI is InChI=1S/C68H62N2O2/c1-3-19-61-57(17-1)59-31-29-53(39-63(59)71-61)69(55-35-47-25-21-41-9-5-10-42-22-26-48(36-55)67(47)65(41)42)51-15-7-13-45(33-51)46-14-8-16-52(34-46)70(54-30-32-60-58-18-2-4-20-62(58)72-64(60)40-54)56-37-49-27-23-43-11-6-12-44-24-28-50(38-56)68(49)66(43)44/h1-5,7-10,13-22,25-26,29,31,33-36,39,43-44,49-50,54,56,60,64,66,68H,6,11-12,23-24,27-28,30,32,37-38,40H2. The first-order valence-corrected chi connectivity index (χ1v) is 27.8. The average molecular weight is 939 g/mol. The van der Waals surface area contributed by atoms with Crippen molar-refractivity contribution in [1.29, 1.82) is 0 Å². The molecule has 16 rings (SSSR count). The van der Waals surface area contributed by atoms with Crippen molar-refractivity contribution < 1.29 is 9.15 Å². The van der Waals surface area contributed by atoms with E-state index in [1.807, 2.05) is 0 Å². The van der Waals surface area contributed by atoms with Crippen molar-refractivity contribution in [1.82, 2.24) is 0 Å². The molecular formula is C68H62N2O2. The molecule has 6 aliphatic rings. The molecule has 4 heteroatoms. The Morgan fingerprint density at radius 1 is 0.403 bits per heavy atom. The highest BCUT2D eigenvalue weighted by Crippen LogP contribution is 2.61. The molecule has 4 nitrogen and oxygen atoms in total. The molecule has 356 valence electrons. The zero-order chi connectivity index (χ0) is 47.0. The van der Waals surface area contributed by atoms with Crippen molar-refractivity contribution in [3.8, 4) is 16.9 Å². The van der Waals surface area contributed by atoms with E-state index in [0.717, 1.165) is 86.7 Å².